The summed E-state index contributed by atoms with van der Waals surface area (Å²) in [4.78, 5) is 32.2. The minimum absolute atomic E-state index is 0.112. The van der Waals surface area contributed by atoms with Crippen LogP contribution in [0, 0.1) is 13.8 Å². The monoisotopic (exact) mass is 352 g/mol. The maximum atomic E-state index is 12.5. The second kappa shape index (κ2) is 7.56. The summed E-state index contributed by atoms with van der Waals surface area (Å²) >= 11 is 0. The molecule has 1 aliphatic heterocycles. The Morgan fingerprint density at radius 1 is 1.04 bits per heavy atom. The number of carbonyl (C=O) groups excluding carboxylic acids is 2. The number of pyridine rings is 1. The second-order valence-corrected chi connectivity index (χ2v) is 6.60. The number of aromatic nitrogens is 1. The van der Waals surface area contributed by atoms with Crippen LogP contribution in [0.2, 0.25) is 0 Å². The molecular weight excluding hydrogens is 328 g/mol. The van der Waals surface area contributed by atoms with Gasteiger partial charge in [0.15, 0.2) is 0 Å². The molecular formula is C20H24N4O2. The largest absolute Gasteiger partial charge is 0.367 e. The number of benzene rings is 1. The highest BCUT2D eigenvalue weighted by Crippen LogP contribution is 2.20. The first-order valence-corrected chi connectivity index (χ1v) is 8.80. The van der Waals surface area contributed by atoms with Crippen molar-refractivity contribution >= 4 is 23.2 Å². The summed E-state index contributed by atoms with van der Waals surface area (Å²) in [5.74, 6) is -0.104. The van der Waals surface area contributed by atoms with Crippen molar-refractivity contribution < 1.29 is 9.59 Å². The Balaban J connectivity index is 1.65. The summed E-state index contributed by atoms with van der Waals surface area (Å²) in [6, 6.07) is 9.49. The van der Waals surface area contributed by atoms with Crippen LogP contribution in [0.1, 0.15) is 28.5 Å². The maximum absolute atomic E-state index is 12.5. The van der Waals surface area contributed by atoms with Crippen molar-refractivity contribution in [1.29, 1.82) is 0 Å². The average Bonchev–Trinajstić information content (AvgIpc) is 2.65. The van der Waals surface area contributed by atoms with Gasteiger partial charge in [0.25, 0.3) is 5.91 Å². The van der Waals surface area contributed by atoms with E-state index in [0.29, 0.717) is 18.8 Å². The molecule has 3 rings (SSSR count). The van der Waals surface area contributed by atoms with Crippen molar-refractivity contribution in [3.8, 4) is 0 Å². The maximum Gasteiger partial charge on any atom is 0.274 e. The van der Waals surface area contributed by atoms with Crippen molar-refractivity contribution in [2.24, 2.45) is 0 Å². The van der Waals surface area contributed by atoms with Crippen LogP contribution < -0.4 is 10.2 Å². The van der Waals surface area contributed by atoms with Crippen molar-refractivity contribution in [1.82, 2.24) is 9.88 Å². The number of hydrogen-bond acceptors (Lipinski definition) is 4. The smallest absolute Gasteiger partial charge is 0.274 e. The van der Waals surface area contributed by atoms with Crippen LogP contribution in [0.5, 0.6) is 0 Å². The van der Waals surface area contributed by atoms with Gasteiger partial charge in [-0.1, -0.05) is 12.1 Å². The quantitative estimate of drug-likeness (QED) is 0.922. The first-order chi connectivity index (χ1) is 12.5. The van der Waals surface area contributed by atoms with E-state index in [2.05, 4.69) is 15.2 Å². The van der Waals surface area contributed by atoms with Crippen LogP contribution in [0.15, 0.2) is 36.5 Å². The molecule has 0 aliphatic carbocycles. The third kappa shape index (κ3) is 3.85. The Morgan fingerprint density at radius 2 is 1.77 bits per heavy atom. The number of amides is 2. The third-order valence-corrected chi connectivity index (χ3v) is 4.92. The van der Waals surface area contributed by atoms with Crippen LogP contribution in [0.3, 0.4) is 0 Å². The van der Waals surface area contributed by atoms with Crippen molar-refractivity contribution in [3.05, 3.63) is 53.3 Å². The molecule has 2 heterocycles. The van der Waals surface area contributed by atoms with Gasteiger partial charge in [0, 0.05) is 38.8 Å². The molecule has 1 aromatic heterocycles. The molecule has 1 aromatic carbocycles. The Bertz CT molecular complexity index is 809. The van der Waals surface area contributed by atoms with Crippen LogP contribution in [-0.2, 0) is 4.79 Å². The third-order valence-electron chi connectivity index (χ3n) is 4.92. The van der Waals surface area contributed by atoms with Crippen LogP contribution in [0.4, 0.5) is 11.4 Å². The number of piperazine rings is 1. The molecule has 1 saturated heterocycles. The van der Waals surface area contributed by atoms with Crippen molar-refractivity contribution in [3.63, 3.8) is 0 Å². The number of nitrogens with zero attached hydrogens (tertiary/aromatic N) is 3. The number of rotatable bonds is 3. The molecule has 0 unspecified atom stereocenters. The van der Waals surface area contributed by atoms with Crippen molar-refractivity contribution in [2.45, 2.75) is 20.8 Å². The lowest BCUT2D eigenvalue weighted by atomic mass is 10.1. The fraction of sp³-hybridized carbons (Fsp3) is 0.350. The van der Waals surface area contributed by atoms with E-state index in [4.69, 9.17) is 0 Å². The predicted molar refractivity (Wildman–Crippen MR) is 103 cm³/mol. The first-order valence-electron chi connectivity index (χ1n) is 8.80. The van der Waals surface area contributed by atoms with Crippen LogP contribution >= 0.6 is 0 Å². The summed E-state index contributed by atoms with van der Waals surface area (Å²) in [5, 5.41) is 2.93. The molecule has 0 saturated carbocycles. The molecule has 136 valence electrons. The lowest BCUT2D eigenvalue weighted by Gasteiger charge is -2.35. The molecule has 6 heteroatoms. The number of carbonyl (C=O) groups is 2. The Labute approximate surface area is 153 Å². The number of nitrogens with one attached hydrogen (secondary N) is 1. The van der Waals surface area contributed by atoms with Gasteiger partial charge in [-0.25, -0.2) is 4.98 Å². The summed E-state index contributed by atoms with van der Waals surface area (Å²) in [7, 11) is 0. The zero-order valence-corrected chi connectivity index (χ0v) is 15.5. The van der Waals surface area contributed by atoms with Gasteiger partial charge in [-0.05, 0) is 43.2 Å². The first kappa shape index (κ1) is 17.9. The summed E-state index contributed by atoms with van der Waals surface area (Å²) in [6.45, 7) is 8.58. The highest BCUT2D eigenvalue weighted by atomic mass is 16.2. The van der Waals surface area contributed by atoms with E-state index in [1.807, 2.05) is 43.0 Å². The SMILES string of the molecule is CC(=O)N1CCN(c2ccc(C(=O)Nc3cccc(C)c3C)nc2)CC1. The topological polar surface area (TPSA) is 65.5 Å². The molecule has 0 spiro atoms. The Hall–Kier alpha value is -2.89. The van der Waals surface area contributed by atoms with Gasteiger partial charge in [-0.2, -0.15) is 0 Å². The average molecular weight is 352 g/mol. The van der Waals surface area contributed by atoms with Gasteiger partial charge in [-0.3, -0.25) is 9.59 Å². The predicted octanol–water partition coefficient (Wildman–Crippen LogP) is 2.62. The molecule has 1 aliphatic rings. The lowest BCUT2D eigenvalue weighted by molar-refractivity contribution is -0.129. The molecule has 6 nitrogen and oxygen atoms in total. The highest BCUT2D eigenvalue weighted by molar-refractivity contribution is 6.03. The number of hydrogen-bond donors (Lipinski definition) is 1. The minimum atomic E-state index is -0.216. The van der Waals surface area contributed by atoms with E-state index in [0.717, 1.165) is 35.6 Å². The Kier molecular flexibility index (Phi) is 5.21. The zero-order valence-electron chi connectivity index (χ0n) is 15.5. The molecule has 2 amide bonds. The molecule has 1 N–H and O–H groups in total. The summed E-state index contributed by atoms with van der Waals surface area (Å²) in [6.07, 6.45) is 1.72. The minimum Gasteiger partial charge on any atom is -0.367 e. The second-order valence-electron chi connectivity index (χ2n) is 6.60. The van der Waals surface area contributed by atoms with E-state index in [9.17, 15) is 9.59 Å². The van der Waals surface area contributed by atoms with Gasteiger partial charge >= 0.3 is 0 Å². The molecule has 26 heavy (non-hydrogen) atoms. The zero-order chi connectivity index (χ0) is 18.7. The molecule has 1 fully saturated rings. The van der Waals surface area contributed by atoms with E-state index in [1.54, 1.807) is 19.2 Å². The molecule has 0 radical (unpaired) electrons. The van der Waals surface area contributed by atoms with Gasteiger partial charge in [-0.15, -0.1) is 0 Å². The van der Waals surface area contributed by atoms with Gasteiger partial charge in [0.1, 0.15) is 5.69 Å². The summed E-state index contributed by atoms with van der Waals surface area (Å²) in [5.41, 5.74) is 4.35. The molecule has 0 atom stereocenters. The molecule has 0 bridgehead atoms. The fourth-order valence-electron chi connectivity index (χ4n) is 3.06. The lowest BCUT2D eigenvalue weighted by Crippen LogP contribution is -2.48. The van der Waals surface area contributed by atoms with Gasteiger partial charge in [0.2, 0.25) is 5.91 Å². The Morgan fingerprint density at radius 3 is 2.38 bits per heavy atom. The van der Waals surface area contributed by atoms with E-state index >= 15 is 0 Å². The number of anilines is 2. The van der Waals surface area contributed by atoms with E-state index in [-0.39, 0.29) is 11.8 Å². The van der Waals surface area contributed by atoms with E-state index < -0.39 is 0 Å². The van der Waals surface area contributed by atoms with E-state index in [1.165, 1.54) is 0 Å². The highest BCUT2D eigenvalue weighted by Gasteiger charge is 2.19. The van der Waals surface area contributed by atoms with Crippen molar-refractivity contribution in [2.75, 3.05) is 36.4 Å². The fourth-order valence-corrected chi connectivity index (χ4v) is 3.06. The van der Waals surface area contributed by atoms with Crippen LogP contribution in [0.25, 0.3) is 0 Å². The van der Waals surface area contributed by atoms with Gasteiger partial charge < -0.3 is 15.1 Å². The van der Waals surface area contributed by atoms with Gasteiger partial charge in [0.05, 0.1) is 11.9 Å². The normalized spacial score (nSPS) is 14.3. The standard InChI is InChI=1S/C20H24N4O2/c1-14-5-4-6-18(15(14)2)22-20(26)19-8-7-17(13-21-19)24-11-9-23(10-12-24)16(3)25/h4-8,13H,9-12H2,1-3H3,(H,22,26). The van der Waals surface area contributed by atoms with Crippen LogP contribution in [-0.4, -0.2) is 47.9 Å². The summed E-state index contributed by atoms with van der Waals surface area (Å²) < 4.78 is 0. The number of aryl methyl sites for hydroxylation is 1. The molecule has 2 aromatic rings.